The number of allylic oxidation sites excluding steroid dienone is 8. The molecule has 0 radical (unpaired) electrons. The van der Waals surface area contributed by atoms with Crippen molar-refractivity contribution in [2.75, 3.05) is 13.2 Å². The van der Waals surface area contributed by atoms with Gasteiger partial charge in [0, 0.05) is 19.3 Å². The van der Waals surface area contributed by atoms with Crippen LogP contribution >= 0.6 is 0 Å². The first-order chi connectivity index (χ1) is 37.5. The summed E-state index contributed by atoms with van der Waals surface area (Å²) in [6, 6.07) is 0. The van der Waals surface area contributed by atoms with E-state index in [0.717, 1.165) is 89.9 Å². The molecule has 0 N–H and O–H groups in total. The number of unbranched alkanes of at least 4 members (excludes halogenated alkanes) is 43. The van der Waals surface area contributed by atoms with Crippen molar-refractivity contribution in [3.63, 3.8) is 0 Å². The van der Waals surface area contributed by atoms with E-state index >= 15 is 0 Å². The highest BCUT2D eigenvalue weighted by atomic mass is 16.6. The Kier molecular flexibility index (Phi) is 62.6. The molecule has 0 saturated carbocycles. The molecule has 0 aliphatic rings. The maximum atomic E-state index is 12.8. The van der Waals surface area contributed by atoms with Gasteiger partial charge in [-0.15, -0.1) is 0 Å². The highest BCUT2D eigenvalue weighted by Gasteiger charge is 2.19. The zero-order valence-electron chi connectivity index (χ0n) is 51.0. The van der Waals surface area contributed by atoms with Gasteiger partial charge in [0.1, 0.15) is 13.2 Å². The Hall–Kier alpha value is -2.63. The van der Waals surface area contributed by atoms with Gasteiger partial charge in [0.2, 0.25) is 0 Å². The minimum Gasteiger partial charge on any atom is -0.462 e. The van der Waals surface area contributed by atoms with Crippen LogP contribution in [0.4, 0.5) is 0 Å². The van der Waals surface area contributed by atoms with Crippen molar-refractivity contribution >= 4 is 17.9 Å². The van der Waals surface area contributed by atoms with E-state index in [1.54, 1.807) is 0 Å². The second-order valence-electron chi connectivity index (χ2n) is 22.7. The van der Waals surface area contributed by atoms with Gasteiger partial charge in [-0.3, -0.25) is 14.4 Å². The molecule has 0 aromatic heterocycles. The third-order valence-corrected chi connectivity index (χ3v) is 15.1. The predicted octanol–water partition coefficient (Wildman–Crippen LogP) is 22.9. The summed E-state index contributed by atoms with van der Waals surface area (Å²) >= 11 is 0. The highest BCUT2D eigenvalue weighted by Crippen LogP contribution is 2.18. The van der Waals surface area contributed by atoms with Crippen LogP contribution in [-0.2, 0) is 28.6 Å². The molecule has 0 bridgehead atoms. The fourth-order valence-corrected chi connectivity index (χ4v) is 10.1. The number of hydrogen-bond donors (Lipinski definition) is 0. The second kappa shape index (κ2) is 64.9. The van der Waals surface area contributed by atoms with Gasteiger partial charge >= 0.3 is 17.9 Å². The summed E-state index contributed by atoms with van der Waals surface area (Å²) in [6.45, 7) is 6.50. The first kappa shape index (κ1) is 73.4. The Bertz CT molecular complexity index is 1310. The van der Waals surface area contributed by atoms with Crippen LogP contribution in [0.25, 0.3) is 0 Å². The van der Waals surface area contributed by atoms with Crippen molar-refractivity contribution in [3.05, 3.63) is 48.6 Å². The lowest BCUT2D eigenvalue weighted by Crippen LogP contribution is -2.30. The molecule has 6 heteroatoms. The molecule has 0 aliphatic carbocycles. The quantitative estimate of drug-likeness (QED) is 0.0261. The van der Waals surface area contributed by atoms with Gasteiger partial charge in [-0.25, -0.2) is 0 Å². The fourth-order valence-electron chi connectivity index (χ4n) is 10.1. The molecule has 0 rings (SSSR count). The lowest BCUT2D eigenvalue weighted by atomic mass is 10.0. The Morgan fingerprint density at radius 3 is 0.803 bits per heavy atom. The smallest absolute Gasteiger partial charge is 0.306 e. The van der Waals surface area contributed by atoms with E-state index in [-0.39, 0.29) is 31.1 Å². The van der Waals surface area contributed by atoms with E-state index in [1.165, 1.54) is 231 Å². The van der Waals surface area contributed by atoms with Crippen LogP contribution in [-0.4, -0.2) is 37.2 Å². The fraction of sp³-hybridized carbons (Fsp3) is 0.843. The zero-order chi connectivity index (χ0) is 55.0. The van der Waals surface area contributed by atoms with E-state index in [4.69, 9.17) is 14.2 Å². The Balaban J connectivity index is 3.87. The number of esters is 3. The summed E-state index contributed by atoms with van der Waals surface area (Å²) < 4.78 is 16.8. The van der Waals surface area contributed by atoms with Gasteiger partial charge in [0.25, 0.3) is 0 Å². The number of carbonyl (C=O) groups is 3. The van der Waals surface area contributed by atoms with Gasteiger partial charge in [-0.1, -0.05) is 333 Å². The molecule has 0 aliphatic heterocycles. The highest BCUT2D eigenvalue weighted by molar-refractivity contribution is 5.71. The Morgan fingerprint density at radius 2 is 0.513 bits per heavy atom. The summed E-state index contributed by atoms with van der Waals surface area (Å²) in [4.78, 5) is 37.9. The molecule has 0 fully saturated rings. The molecule has 0 aromatic rings. The summed E-state index contributed by atoms with van der Waals surface area (Å²) in [7, 11) is 0. The molecule has 444 valence electrons. The minimum absolute atomic E-state index is 0.0661. The summed E-state index contributed by atoms with van der Waals surface area (Å²) in [5.74, 6) is -0.856. The zero-order valence-corrected chi connectivity index (χ0v) is 51.0. The number of ether oxygens (including phenoxy) is 3. The van der Waals surface area contributed by atoms with Gasteiger partial charge < -0.3 is 14.2 Å². The molecular weight excluding hydrogens is 937 g/mol. The van der Waals surface area contributed by atoms with Crippen LogP contribution in [0.2, 0.25) is 0 Å². The SMILES string of the molecule is CC/C=C\C/C=C\C/C=C\C/C=C\CCCCCCCCCCCCCCCCCCCCCCCCC(=O)OCC(COC(=O)CCCCCCC)OC(=O)CCCCCCCCCCCCCCCCCCCC. The lowest BCUT2D eigenvalue weighted by molar-refractivity contribution is -0.167. The lowest BCUT2D eigenvalue weighted by Gasteiger charge is -2.18. The van der Waals surface area contributed by atoms with Crippen LogP contribution in [0.3, 0.4) is 0 Å². The van der Waals surface area contributed by atoms with Crippen LogP contribution < -0.4 is 0 Å². The molecule has 0 heterocycles. The summed E-state index contributed by atoms with van der Waals surface area (Å²) in [5, 5.41) is 0. The molecule has 76 heavy (non-hydrogen) atoms. The minimum atomic E-state index is -0.764. The third kappa shape index (κ3) is 62.2. The van der Waals surface area contributed by atoms with Crippen molar-refractivity contribution in [2.45, 2.75) is 367 Å². The van der Waals surface area contributed by atoms with Crippen LogP contribution in [0, 0.1) is 0 Å². The molecule has 0 saturated heterocycles. The maximum absolute atomic E-state index is 12.8. The van der Waals surface area contributed by atoms with Crippen LogP contribution in [0.15, 0.2) is 48.6 Å². The Morgan fingerprint density at radius 1 is 0.276 bits per heavy atom. The normalized spacial score (nSPS) is 12.3. The van der Waals surface area contributed by atoms with Crippen LogP contribution in [0.1, 0.15) is 361 Å². The van der Waals surface area contributed by atoms with E-state index in [0.29, 0.717) is 19.3 Å². The van der Waals surface area contributed by atoms with Crippen molar-refractivity contribution in [1.82, 2.24) is 0 Å². The second-order valence-corrected chi connectivity index (χ2v) is 22.7. The van der Waals surface area contributed by atoms with Crippen molar-refractivity contribution in [2.24, 2.45) is 0 Å². The number of carbonyl (C=O) groups excluding carboxylic acids is 3. The number of rotatable bonds is 62. The first-order valence-corrected chi connectivity index (χ1v) is 33.6. The molecule has 0 amide bonds. The van der Waals surface area contributed by atoms with E-state index < -0.39 is 6.10 Å². The Labute approximate surface area is 473 Å². The average Bonchev–Trinajstić information content (AvgIpc) is 3.42. The van der Waals surface area contributed by atoms with Crippen molar-refractivity contribution in [3.8, 4) is 0 Å². The van der Waals surface area contributed by atoms with Gasteiger partial charge in [0.15, 0.2) is 6.10 Å². The first-order valence-electron chi connectivity index (χ1n) is 33.6. The molecule has 0 aromatic carbocycles. The summed E-state index contributed by atoms with van der Waals surface area (Å²) in [6.07, 6.45) is 82.0. The number of hydrogen-bond acceptors (Lipinski definition) is 6. The van der Waals surface area contributed by atoms with Crippen molar-refractivity contribution < 1.29 is 28.6 Å². The van der Waals surface area contributed by atoms with E-state index in [9.17, 15) is 14.4 Å². The molecular formula is C70H128O6. The molecule has 0 spiro atoms. The maximum Gasteiger partial charge on any atom is 0.306 e. The average molecular weight is 1070 g/mol. The summed E-state index contributed by atoms with van der Waals surface area (Å²) in [5.41, 5.74) is 0. The monoisotopic (exact) mass is 1060 g/mol. The predicted molar refractivity (Wildman–Crippen MR) is 330 cm³/mol. The van der Waals surface area contributed by atoms with Gasteiger partial charge in [0.05, 0.1) is 0 Å². The van der Waals surface area contributed by atoms with Crippen LogP contribution in [0.5, 0.6) is 0 Å². The molecule has 6 nitrogen and oxygen atoms in total. The van der Waals surface area contributed by atoms with Crippen molar-refractivity contribution in [1.29, 1.82) is 0 Å². The topological polar surface area (TPSA) is 78.9 Å². The standard InChI is InChI=1S/C70H128O6/c1-4-7-10-13-15-17-19-21-23-25-27-28-29-30-31-32-33-34-35-36-37-38-39-40-41-42-43-45-46-48-50-52-54-57-60-63-69(72)75-66-67(65-74-68(71)62-59-56-12-9-6-3)76-70(73)64-61-58-55-53-51-49-47-44-26-24-22-20-18-16-14-11-8-5-2/h7,10,15,17,21,23,27-28,67H,4-6,8-9,11-14,16,18-20,22,24-26,29-66H2,1-3H3/b10-7-,17-15-,23-21-,28-27-. The largest absolute Gasteiger partial charge is 0.462 e. The van der Waals surface area contributed by atoms with E-state index in [1.807, 2.05) is 0 Å². The molecule has 1 atom stereocenters. The van der Waals surface area contributed by atoms with E-state index in [2.05, 4.69) is 69.4 Å². The third-order valence-electron chi connectivity index (χ3n) is 15.1. The molecule has 1 unspecified atom stereocenters. The van der Waals surface area contributed by atoms with Gasteiger partial charge in [-0.05, 0) is 57.8 Å². The van der Waals surface area contributed by atoms with Gasteiger partial charge in [-0.2, -0.15) is 0 Å².